The summed E-state index contributed by atoms with van der Waals surface area (Å²) >= 11 is 0. The van der Waals surface area contributed by atoms with Gasteiger partial charge in [-0.3, -0.25) is 9.59 Å². The highest BCUT2D eigenvalue weighted by molar-refractivity contribution is 6.05. The van der Waals surface area contributed by atoms with E-state index in [1.165, 1.54) is 18.2 Å². The van der Waals surface area contributed by atoms with Gasteiger partial charge in [0.15, 0.2) is 28.9 Å². The highest BCUT2D eigenvalue weighted by Gasteiger charge is 2.47. The quantitative estimate of drug-likeness (QED) is 0.193. The van der Waals surface area contributed by atoms with Gasteiger partial charge in [-0.05, 0) is 31.4 Å². The number of carbonyl (C=O) groups excluding carboxylic acids is 2. The van der Waals surface area contributed by atoms with Crippen molar-refractivity contribution in [2.45, 2.75) is 51.2 Å². The second-order valence-electron chi connectivity index (χ2n) is 9.72. The van der Waals surface area contributed by atoms with Crippen molar-refractivity contribution < 1.29 is 36.6 Å². The molecule has 4 rings (SSSR count). The molecule has 5 nitrogen and oxygen atoms in total. The van der Waals surface area contributed by atoms with E-state index in [-0.39, 0.29) is 17.8 Å². The molecule has 0 bridgehead atoms. The van der Waals surface area contributed by atoms with E-state index in [1.54, 1.807) is 31.2 Å². The Morgan fingerprint density at radius 3 is 2.08 bits per heavy atom. The SMILES string of the molecule is Cc1ccc(NC(=O)c2c(F)c(F)c(F)c(F)c2F)c(C(O)(C(=O)NCc2ccccc2)C2CCCCC2)c1. The molecule has 1 unspecified atom stereocenters. The lowest BCUT2D eigenvalue weighted by molar-refractivity contribution is -0.149. The largest absolute Gasteiger partial charge is 0.375 e. The summed E-state index contributed by atoms with van der Waals surface area (Å²) in [7, 11) is 0. The first-order valence-electron chi connectivity index (χ1n) is 12.5. The molecule has 10 heteroatoms. The van der Waals surface area contributed by atoms with Crippen molar-refractivity contribution in [1.29, 1.82) is 0 Å². The van der Waals surface area contributed by atoms with Crippen molar-refractivity contribution in [2.75, 3.05) is 5.32 Å². The van der Waals surface area contributed by atoms with Crippen LogP contribution < -0.4 is 10.6 Å². The topological polar surface area (TPSA) is 78.4 Å². The van der Waals surface area contributed by atoms with Gasteiger partial charge in [0.25, 0.3) is 11.8 Å². The summed E-state index contributed by atoms with van der Waals surface area (Å²) in [6, 6.07) is 13.3. The lowest BCUT2D eigenvalue weighted by Gasteiger charge is -2.38. The zero-order valence-corrected chi connectivity index (χ0v) is 21.1. The van der Waals surface area contributed by atoms with Crippen LogP contribution >= 0.6 is 0 Å². The second-order valence-corrected chi connectivity index (χ2v) is 9.72. The summed E-state index contributed by atoms with van der Waals surface area (Å²) in [6.45, 7) is 1.79. The third kappa shape index (κ3) is 5.52. The maximum Gasteiger partial charge on any atom is 0.261 e. The Morgan fingerprint density at radius 2 is 1.46 bits per heavy atom. The molecule has 3 aromatic carbocycles. The Labute approximate surface area is 222 Å². The summed E-state index contributed by atoms with van der Waals surface area (Å²) in [5.41, 5.74) is -2.70. The van der Waals surface area contributed by atoms with Crippen molar-refractivity contribution >= 4 is 17.5 Å². The number of halogens is 5. The zero-order chi connectivity index (χ0) is 28.3. The van der Waals surface area contributed by atoms with Crippen LogP contribution in [0.2, 0.25) is 0 Å². The fraction of sp³-hybridized carbons (Fsp3) is 0.310. The highest BCUT2D eigenvalue weighted by Crippen LogP contribution is 2.43. The van der Waals surface area contributed by atoms with Crippen LogP contribution in [0.1, 0.15) is 59.2 Å². The van der Waals surface area contributed by atoms with Gasteiger partial charge in [0.2, 0.25) is 5.82 Å². The molecule has 0 aromatic heterocycles. The van der Waals surface area contributed by atoms with E-state index in [9.17, 15) is 36.6 Å². The summed E-state index contributed by atoms with van der Waals surface area (Å²) in [5, 5.41) is 17.0. The van der Waals surface area contributed by atoms with Crippen LogP contribution in [0.5, 0.6) is 0 Å². The molecule has 1 atom stereocenters. The molecular formula is C29H27F5N2O3. The van der Waals surface area contributed by atoms with Gasteiger partial charge < -0.3 is 15.7 Å². The average molecular weight is 547 g/mol. The van der Waals surface area contributed by atoms with Crippen molar-refractivity contribution in [3.8, 4) is 0 Å². The lowest BCUT2D eigenvalue weighted by atomic mass is 9.72. The van der Waals surface area contributed by atoms with Gasteiger partial charge in [0.05, 0.1) is 0 Å². The first-order chi connectivity index (χ1) is 18.6. The molecule has 0 aliphatic heterocycles. The third-order valence-corrected chi connectivity index (χ3v) is 7.11. The molecule has 3 aromatic rings. The number of nitrogens with one attached hydrogen (secondary N) is 2. The summed E-state index contributed by atoms with van der Waals surface area (Å²) in [4.78, 5) is 26.5. The van der Waals surface area contributed by atoms with Crippen LogP contribution in [0.25, 0.3) is 0 Å². The maximum absolute atomic E-state index is 14.3. The third-order valence-electron chi connectivity index (χ3n) is 7.11. The molecule has 1 aliphatic rings. The molecule has 1 aliphatic carbocycles. The van der Waals surface area contributed by atoms with Crippen LogP contribution in [0.4, 0.5) is 27.6 Å². The number of carbonyl (C=O) groups is 2. The Morgan fingerprint density at radius 1 is 0.872 bits per heavy atom. The van der Waals surface area contributed by atoms with Crippen molar-refractivity contribution in [1.82, 2.24) is 5.32 Å². The Balaban J connectivity index is 1.76. The number of benzene rings is 3. The highest BCUT2D eigenvalue weighted by atomic mass is 19.2. The van der Waals surface area contributed by atoms with Crippen LogP contribution in [0.15, 0.2) is 48.5 Å². The lowest BCUT2D eigenvalue weighted by Crippen LogP contribution is -2.50. The summed E-state index contributed by atoms with van der Waals surface area (Å²) in [6.07, 6.45) is 3.40. The number of hydrogen-bond donors (Lipinski definition) is 3. The van der Waals surface area contributed by atoms with Gasteiger partial charge in [-0.1, -0.05) is 67.3 Å². The smallest absolute Gasteiger partial charge is 0.261 e. The monoisotopic (exact) mass is 546 g/mol. The second kappa shape index (κ2) is 11.5. The maximum atomic E-state index is 14.3. The fourth-order valence-electron chi connectivity index (χ4n) is 5.03. The molecule has 1 saturated carbocycles. The molecule has 206 valence electrons. The van der Waals surface area contributed by atoms with E-state index in [4.69, 9.17) is 0 Å². The average Bonchev–Trinajstić information content (AvgIpc) is 2.95. The number of anilines is 1. The van der Waals surface area contributed by atoms with Crippen LogP contribution in [-0.2, 0) is 16.9 Å². The zero-order valence-electron chi connectivity index (χ0n) is 21.1. The minimum Gasteiger partial charge on any atom is -0.375 e. The first-order valence-corrected chi connectivity index (χ1v) is 12.5. The molecular weight excluding hydrogens is 519 g/mol. The Kier molecular flexibility index (Phi) is 8.34. The molecule has 0 spiro atoms. The molecule has 39 heavy (non-hydrogen) atoms. The molecule has 0 radical (unpaired) electrons. The predicted octanol–water partition coefficient (Wildman–Crippen LogP) is 6.03. The van der Waals surface area contributed by atoms with Gasteiger partial charge >= 0.3 is 0 Å². The van der Waals surface area contributed by atoms with E-state index >= 15 is 0 Å². The molecule has 1 fully saturated rings. The number of rotatable bonds is 7. The summed E-state index contributed by atoms with van der Waals surface area (Å²) < 4.78 is 69.7. The van der Waals surface area contributed by atoms with Crippen LogP contribution in [0.3, 0.4) is 0 Å². The first kappa shape index (κ1) is 28.2. The number of hydrogen-bond acceptors (Lipinski definition) is 3. The standard InChI is InChI=1S/C29H27F5N2O3/c1-16-12-13-20(36-27(37)21-22(30)24(32)26(34)25(33)23(21)31)19(14-16)29(39,18-10-6-3-7-11-18)28(38)35-15-17-8-4-2-5-9-17/h2,4-5,8-9,12-14,18,39H,3,6-7,10-11,15H2,1H3,(H,35,38)(H,36,37). The molecule has 2 amide bonds. The van der Waals surface area contributed by atoms with Gasteiger partial charge in [-0.2, -0.15) is 0 Å². The molecule has 3 N–H and O–H groups in total. The van der Waals surface area contributed by atoms with Crippen molar-refractivity contribution in [3.05, 3.63) is 99.9 Å². The number of aryl methyl sites for hydroxylation is 1. The Bertz CT molecular complexity index is 1360. The van der Waals surface area contributed by atoms with E-state index in [0.717, 1.165) is 24.8 Å². The van der Waals surface area contributed by atoms with Crippen molar-refractivity contribution in [3.63, 3.8) is 0 Å². The molecule has 0 saturated heterocycles. The van der Waals surface area contributed by atoms with Gasteiger partial charge in [0.1, 0.15) is 5.56 Å². The van der Waals surface area contributed by atoms with Crippen LogP contribution in [0, 0.1) is 41.9 Å². The predicted molar refractivity (Wildman–Crippen MR) is 134 cm³/mol. The van der Waals surface area contributed by atoms with Gasteiger partial charge in [0, 0.05) is 23.7 Å². The minimum atomic E-state index is -2.39. The van der Waals surface area contributed by atoms with Crippen LogP contribution in [-0.4, -0.2) is 16.9 Å². The number of aliphatic hydroxyl groups is 1. The minimum absolute atomic E-state index is 0.0443. The van der Waals surface area contributed by atoms with Gasteiger partial charge in [-0.25, -0.2) is 22.0 Å². The van der Waals surface area contributed by atoms with E-state index < -0.39 is 58.0 Å². The summed E-state index contributed by atoms with van der Waals surface area (Å²) in [5.74, 6) is -14.4. The van der Waals surface area contributed by atoms with E-state index in [2.05, 4.69) is 10.6 Å². The normalized spacial score (nSPS) is 15.5. The van der Waals surface area contributed by atoms with E-state index in [0.29, 0.717) is 18.4 Å². The van der Waals surface area contributed by atoms with E-state index in [1.807, 2.05) is 6.07 Å². The fourth-order valence-corrected chi connectivity index (χ4v) is 5.03. The van der Waals surface area contributed by atoms with Crippen molar-refractivity contribution in [2.24, 2.45) is 5.92 Å². The Hall–Kier alpha value is -3.79. The number of amides is 2. The molecule has 0 heterocycles. The van der Waals surface area contributed by atoms with Gasteiger partial charge in [-0.15, -0.1) is 0 Å².